The summed E-state index contributed by atoms with van der Waals surface area (Å²) in [5.74, 6) is 0.615. The van der Waals surface area contributed by atoms with Gasteiger partial charge in [-0.15, -0.1) is 0 Å². The summed E-state index contributed by atoms with van der Waals surface area (Å²) >= 11 is 0. The fraction of sp³-hybridized carbons (Fsp3) is 0.538. The van der Waals surface area contributed by atoms with Crippen LogP contribution in [-0.2, 0) is 16.6 Å². The van der Waals surface area contributed by atoms with Gasteiger partial charge in [0.1, 0.15) is 17.7 Å². The summed E-state index contributed by atoms with van der Waals surface area (Å²) in [6.45, 7) is 2.18. The largest absolute Gasteiger partial charge is 0.361 e. The Kier molecular flexibility index (Phi) is 2.61. The summed E-state index contributed by atoms with van der Waals surface area (Å²) < 4.78 is 7.65. The maximum absolute atomic E-state index is 11.2. The molecule has 0 aromatic carbocycles. The topological polar surface area (TPSA) is 85.2 Å². The Morgan fingerprint density at radius 3 is 3.14 bits per heavy atom. The van der Waals surface area contributed by atoms with E-state index in [1.54, 1.807) is 12.5 Å². The van der Waals surface area contributed by atoms with Crippen LogP contribution < -0.4 is 10.2 Å². The second-order valence-corrected chi connectivity index (χ2v) is 5.65. The van der Waals surface area contributed by atoms with Crippen LogP contribution in [0.5, 0.6) is 0 Å². The van der Waals surface area contributed by atoms with Crippen molar-refractivity contribution in [1.82, 2.24) is 24.8 Å². The fourth-order valence-electron chi connectivity index (χ4n) is 2.91. The zero-order valence-corrected chi connectivity index (χ0v) is 11.7. The second-order valence-electron chi connectivity index (χ2n) is 5.65. The zero-order valence-electron chi connectivity index (χ0n) is 11.7. The van der Waals surface area contributed by atoms with Gasteiger partial charge in [0.15, 0.2) is 5.65 Å². The first-order chi connectivity index (χ1) is 10.2. The number of fused-ring (bicyclic) bond motifs is 1. The van der Waals surface area contributed by atoms with E-state index in [9.17, 15) is 4.79 Å². The zero-order chi connectivity index (χ0) is 14.4. The first kappa shape index (κ1) is 12.5. The summed E-state index contributed by atoms with van der Waals surface area (Å²) in [4.78, 5) is 26.5. The Labute approximate surface area is 121 Å². The van der Waals surface area contributed by atoms with Crippen molar-refractivity contribution in [3.05, 3.63) is 12.5 Å². The number of nitrogens with zero attached hydrogens (tertiary/aromatic N) is 5. The highest BCUT2D eigenvalue weighted by Gasteiger charge is 2.43. The smallest absolute Gasteiger partial charge is 0.246 e. The molecule has 110 valence electrons. The number of carbonyl (C=O) groups is 1. The monoisotopic (exact) mass is 288 g/mol. The van der Waals surface area contributed by atoms with Crippen LogP contribution in [0.3, 0.4) is 0 Å². The predicted molar refractivity (Wildman–Crippen MR) is 74.8 cm³/mol. The standard InChI is InChI=1S/C13H16N6O2/c1-18-8-16-11-9(18)4-14-12(17-11)19-3-2-13(7-19)6-15-10(20)5-21-13/h4,8H,2-3,5-7H2,1H3,(H,15,20). The number of amides is 1. The molecule has 8 heteroatoms. The Morgan fingerprint density at radius 2 is 2.33 bits per heavy atom. The highest BCUT2D eigenvalue weighted by atomic mass is 16.5. The van der Waals surface area contributed by atoms with Crippen LogP contribution >= 0.6 is 0 Å². The third-order valence-electron chi connectivity index (χ3n) is 4.19. The van der Waals surface area contributed by atoms with Crippen molar-refractivity contribution in [2.24, 2.45) is 7.05 Å². The number of ether oxygens (including phenoxy) is 1. The number of hydrogen-bond donors (Lipinski definition) is 1. The lowest BCUT2D eigenvalue weighted by Gasteiger charge is -2.33. The number of aromatic nitrogens is 4. The highest BCUT2D eigenvalue weighted by molar-refractivity contribution is 5.78. The van der Waals surface area contributed by atoms with Crippen LogP contribution in [0.1, 0.15) is 6.42 Å². The van der Waals surface area contributed by atoms with Gasteiger partial charge in [-0.25, -0.2) is 9.97 Å². The molecule has 4 heterocycles. The number of rotatable bonds is 1. The fourth-order valence-corrected chi connectivity index (χ4v) is 2.91. The molecule has 2 aromatic rings. The third kappa shape index (κ3) is 2.02. The van der Waals surface area contributed by atoms with Crippen LogP contribution in [0.25, 0.3) is 11.2 Å². The number of morpholine rings is 1. The number of carbonyl (C=O) groups excluding carboxylic acids is 1. The predicted octanol–water partition coefficient (Wildman–Crippen LogP) is -0.541. The van der Waals surface area contributed by atoms with Crippen molar-refractivity contribution in [3.63, 3.8) is 0 Å². The van der Waals surface area contributed by atoms with Gasteiger partial charge >= 0.3 is 0 Å². The van der Waals surface area contributed by atoms with Crippen molar-refractivity contribution >= 4 is 23.0 Å². The van der Waals surface area contributed by atoms with Crippen molar-refractivity contribution in [2.75, 3.05) is 31.1 Å². The van der Waals surface area contributed by atoms with E-state index in [0.29, 0.717) is 24.7 Å². The van der Waals surface area contributed by atoms with E-state index >= 15 is 0 Å². The molecule has 4 rings (SSSR count). The highest BCUT2D eigenvalue weighted by Crippen LogP contribution is 2.29. The normalized spacial score (nSPS) is 25.8. The number of aryl methyl sites for hydroxylation is 1. The quantitative estimate of drug-likeness (QED) is 0.758. The molecular weight excluding hydrogens is 272 g/mol. The third-order valence-corrected chi connectivity index (χ3v) is 4.19. The first-order valence-corrected chi connectivity index (χ1v) is 6.95. The van der Waals surface area contributed by atoms with Crippen molar-refractivity contribution in [3.8, 4) is 0 Å². The van der Waals surface area contributed by atoms with Gasteiger partial charge in [0.25, 0.3) is 0 Å². The van der Waals surface area contributed by atoms with Crippen LogP contribution in [0.15, 0.2) is 12.5 Å². The molecule has 21 heavy (non-hydrogen) atoms. The molecule has 2 saturated heterocycles. The average molecular weight is 288 g/mol. The molecule has 0 radical (unpaired) electrons. The number of nitrogens with one attached hydrogen (secondary N) is 1. The molecule has 2 aliphatic heterocycles. The Balaban J connectivity index is 1.57. The molecule has 1 unspecified atom stereocenters. The molecule has 1 atom stereocenters. The molecule has 0 bridgehead atoms. The van der Waals surface area contributed by atoms with Gasteiger partial charge in [0.05, 0.1) is 19.1 Å². The van der Waals surface area contributed by atoms with Crippen molar-refractivity contribution in [1.29, 1.82) is 0 Å². The van der Waals surface area contributed by atoms with Gasteiger partial charge in [0, 0.05) is 20.1 Å². The average Bonchev–Trinajstić information content (AvgIpc) is 3.08. The molecular formula is C13H16N6O2. The molecule has 1 spiro atoms. The van der Waals surface area contributed by atoms with E-state index < -0.39 is 0 Å². The first-order valence-electron chi connectivity index (χ1n) is 6.95. The van der Waals surface area contributed by atoms with Gasteiger partial charge in [-0.3, -0.25) is 4.79 Å². The van der Waals surface area contributed by atoms with Crippen LogP contribution in [0.2, 0.25) is 0 Å². The molecule has 2 aliphatic rings. The number of hydrogen-bond acceptors (Lipinski definition) is 6. The molecule has 0 saturated carbocycles. The second kappa shape index (κ2) is 4.39. The van der Waals surface area contributed by atoms with Gasteiger partial charge in [0.2, 0.25) is 11.9 Å². The molecule has 1 N–H and O–H groups in total. The van der Waals surface area contributed by atoms with Gasteiger partial charge in [-0.1, -0.05) is 0 Å². The number of imidazole rings is 1. The number of anilines is 1. The van der Waals surface area contributed by atoms with Crippen LogP contribution in [-0.4, -0.2) is 57.3 Å². The Bertz CT molecular complexity index is 702. The minimum absolute atomic E-state index is 0.0507. The Morgan fingerprint density at radius 1 is 1.43 bits per heavy atom. The van der Waals surface area contributed by atoms with Crippen LogP contribution in [0.4, 0.5) is 5.95 Å². The maximum atomic E-state index is 11.2. The summed E-state index contributed by atoms with van der Waals surface area (Å²) in [7, 11) is 1.92. The maximum Gasteiger partial charge on any atom is 0.246 e. The van der Waals surface area contributed by atoms with Crippen LogP contribution in [0, 0.1) is 0 Å². The van der Waals surface area contributed by atoms with E-state index in [2.05, 4.69) is 25.2 Å². The molecule has 1 amide bonds. The van der Waals surface area contributed by atoms with Gasteiger partial charge < -0.3 is 19.5 Å². The van der Waals surface area contributed by atoms with E-state index in [-0.39, 0.29) is 18.1 Å². The summed E-state index contributed by atoms with van der Waals surface area (Å²) in [5.41, 5.74) is 1.30. The molecule has 2 fully saturated rings. The van der Waals surface area contributed by atoms with Gasteiger partial charge in [-0.2, -0.15) is 4.98 Å². The van der Waals surface area contributed by atoms with E-state index in [0.717, 1.165) is 18.5 Å². The lowest BCUT2D eigenvalue weighted by Crippen LogP contribution is -2.53. The van der Waals surface area contributed by atoms with E-state index in [1.807, 2.05) is 11.6 Å². The minimum Gasteiger partial charge on any atom is -0.361 e. The molecule has 2 aromatic heterocycles. The van der Waals surface area contributed by atoms with E-state index in [1.165, 1.54) is 0 Å². The van der Waals surface area contributed by atoms with Gasteiger partial charge in [-0.05, 0) is 6.42 Å². The molecule has 8 nitrogen and oxygen atoms in total. The lowest BCUT2D eigenvalue weighted by atomic mass is 10.0. The SMILES string of the molecule is Cn1cnc2nc(N3CCC4(CNC(=O)CO4)C3)ncc21. The Hall–Kier alpha value is -2.22. The summed E-state index contributed by atoms with van der Waals surface area (Å²) in [6, 6.07) is 0. The minimum atomic E-state index is -0.309. The lowest BCUT2D eigenvalue weighted by molar-refractivity contribution is -0.141. The van der Waals surface area contributed by atoms with Crippen molar-refractivity contribution in [2.45, 2.75) is 12.0 Å². The summed E-state index contributed by atoms with van der Waals surface area (Å²) in [6.07, 6.45) is 4.38. The van der Waals surface area contributed by atoms with Crippen molar-refractivity contribution < 1.29 is 9.53 Å². The molecule has 0 aliphatic carbocycles. The summed E-state index contributed by atoms with van der Waals surface area (Å²) in [5, 5.41) is 2.87. The van der Waals surface area contributed by atoms with E-state index in [4.69, 9.17) is 4.74 Å².